The second-order valence-electron chi connectivity index (χ2n) is 19.3. The fourth-order valence-electron chi connectivity index (χ4n) is 11.0. The summed E-state index contributed by atoms with van der Waals surface area (Å²) >= 11 is 0. The number of carboxylic acid groups (broad SMARTS) is 1. The van der Waals surface area contributed by atoms with Crippen LogP contribution in [0.25, 0.3) is 0 Å². The molecular formula is C56H76N2O8. The molecule has 358 valence electrons. The first kappa shape index (κ1) is 49.0. The van der Waals surface area contributed by atoms with Crippen LogP contribution < -0.4 is 33.5 Å². The van der Waals surface area contributed by atoms with Crippen LogP contribution in [0.4, 0.5) is 0 Å². The molecule has 0 radical (unpaired) electrons. The molecule has 4 aromatic carbocycles. The Morgan fingerprint density at radius 1 is 0.697 bits per heavy atom. The second-order valence-corrected chi connectivity index (χ2v) is 19.3. The molecule has 0 saturated heterocycles. The number of fused-ring (bicyclic) bond motifs is 2. The first-order chi connectivity index (χ1) is 32.1. The van der Waals surface area contributed by atoms with E-state index < -0.39 is 12.0 Å². The SMILES string of the molecule is CCCCCCCCCCCCCCCCC(C(=O)[O-])[N+]1(C)CCc2cc(OC)c3cc2C1Cc1ccc(cc1)Oc1cc(ccc1OC)CC1c2c(cc(OC)c(OC)c2O3)CCN1C. The number of benzene rings is 4. The van der Waals surface area contributed by atoms with Crippen LogP contribution in [-0.4, -0.2) is 77.0 Å². The van der Waals surface area contributed by atoms with Crippen molar-refractivity contribution in [3.63, 3.8) is 0 Å². The Morgan fingerprint density at radius 3 is 1.92 bits per heavy atom. The van der Waals surface area contributed by atoms with Crippen LogP contribution >= 0.6 is 0 Å². The fourth-order valence-corrected chi connectivity index (χ4v) is 11.0. The second kappa shape index (κ2) is 23.2. The summed E-state index contributed by atoms with van der Waals surface area (Å²) in [6, 6.07) is 19.6. The number of likely N-dealkylation sites (N-methyl/N-ethyl adjacent to an activating group) is 2. The van der Waals surface area contributed by atoms with Gasteiger partial charge in [-0.2, -0.15) is 0 Å². The number of carboxylic acids is 1. The minimum atomic E-state index is -0.983. The molecule has 0 amide bonds. The number of hydrogen-bond donors (Lipinski definition) is 0. The largest absolute Gasteiger partial charge is 0.544 e. The maximum Gasteiger partial charge on any atom is 0.204 e. The van der Waals surface area contributed by atoms with Gasteiger partial charge in [-0.25, -0.2) is 0 Å². The van der Waals surface area contributed by atoms with E-state index in [-0.39, 0.29) is 12.1 Å². The van der Waals surface area contributed by atoms with Crippen LogP contribution in [0, 0.1) is 0 Å². The Kier molecular flexibility index (Phi) is 17.2. The molecule has 4 aliphatic heterocycles. The van der Waals surface area contributed by atoms with Crippen LogP contribution in [0.1, 0.15) is 149 Å². The van der Waals surface area contributed by atoms with E-state index in [9.17, 15) is 9.90 Å². The summed E-state index contributed by atoms with van der Waals surface area (Å²) in [7, 11) is 10.9. The number of unbranched alkanes of at least 4 members (excludes halogenated alkanes) is 13. The third kappa shape index (κ3) is 11.2. The molecule has 6 bridgehead atoms. The molecular weight excluding hydrogens is 829 g/mol. The van der Waals surface area contributed by atoms with Crippen molar-refractivity contribution in [2.75, 3.05) is 55.6 Å². The van der Waals surface area contributed by atoms with E-state index in [2.05, 4.69) is 68.4 Å². The lowest BCUT2D eigenvalue weighted by atomic mass is 9.84. The summed E-state index contributed by atoms with van der Waals surface area (Å²) < 4.78 is 38.2. The van der Waals surface area contributed by atoms with Gasteiger partial charge in [-0.3, -0.25) is 4.90 Å². The van der Waals surface area contributed by atoms with Gasteiger partial charge in [0.05, 0.1) is 48.0 Å². The maximum atomic E-state index is 13.5. The first-order valence-corrected chi connectivity index (χ1v) is 25.0. The van der Waals surface area contributed by atoms with E-state index in [4.69, 9.17) is 28.4 Å². The van der Waals surface area contributed by atoms with Crippen molar-refractivity contribution in [1.29, 1.82) is 0 Å². The monoisotopic (exact) mass is 905 g/mol. The van der Waals surface area contributed by atoms with Crippen LogP contribution in [0.3, 0.4) is 0 Å². The van der Waals surface area contributed by atoms with Gasteiger partial charge < -0.3 is 42.8 Å². The molecule has 8 rings (SSSR count). The summed E-state index contributed by atoms with van der Waals surface area (Å²) in [5.74, 6) is 3.83. The molecule has 10 heteroatoms. The lowest BCUT2D eigenvalue weighted by Gasteiger charge is -2.51. The predicted molar refractivity (Wildman–Crippen MR) is 260 cm³/mol. The normalized spacial score (nSPS) is 19.4. The number of carbonyl (C=O) groups excluding carboxylic acids is 1. The molecule has 66 heavy (non-hydrogen) atoms. The summed E-state index contributed by atoms with van der Waals surface area (Å²) in [5.41, 5.74) is 6.49. The Bertz CT molecular complexity index is 2220. The van der Waals surface area contributed by atoms with Gasteiger partial charge >= 0.3 is 0 Å². The van der Waals surface area contributed by atoms with Crippen LogP contribution in [0.5, 0.6) is 46.0 Å². The number of carbonyl (C=O) groups is 1. The van der Waals surface area contributed by atoms with Gasteiger partial charge in [-0.1, -0.05) is 109 Å². The van der Waals surface area contributed by atoms with Crippen molar-refractivity contribution in [2.24, 2.45) is 0 Å². The van der Waals surface area contributed by atoms with Crippen molar-refractivity contribution < 1.29 is 42.8 Å². The molecule has 0 saturated carbocycles. The quantitative estimate of drug-likeness (QED) is 0.0598. The number of nitrogens with zero attached hydrogens (tertiary/aromatic N) is 2. The highest BCUT2D eigenvalue weighted by Gasteiger charge is 2.46. The Morgan fingerprint density at radius 2 is 1.30 bits per heavy atom. The van der Waals surface area contributed by atoms with Gasteiger partial charge in [0.25, 0.3) is 0 Å². The highest BCUT2D eigenvalue weighted by atomic mass is 16.5. The zero-order valence-electron chi connectivity index (χ0n) is 41.0. The average molecular weight is 905 g/mol. The first-order valence-electron chi connectivity index (χ1n) is 25.0. The molecule has 4 unspecified atom stereocenters. The Labute approximate surface area is 395 Å². The molecule has 0 fully saturated rings. The molecule has 4 atom stereocenters. The molecule has 0 spiro atoms. The van der Waals surface area contributed by atoms with Crippen molar-refractivity contribution in [3.05, 3.63) is 94.0 Å². The van der Waals surface area contributed by atoms with Gasteiger partial charge in [0, 0.05) is 43.0 Å². The molecule has 0 N–H and O–H groups in total. The maximum absolute atomic E-state index is 13.5. The van der Waals surface area contributed by atoms with E-state index in [1.807, 2.05) is 18.2 Å². The Balaban J connectivity index is 1.22. The number of ether oxygens (including phenoxy) is 6. The van der Waals surface area contributed by atoms with Crippen molar-refractivity contribution in [3.8, 4) is 46.0 Å². The average Bonchev–Trinajstić information content (AvgIpc) is 3.32. The molecule has 0 aliphatic carbocycles. The molecule has 4 aromatic rings. The zero-order valence-corrected chi connectivity index (χ0v) is 41.0. The molecule has 4 aliphatic rings. The third-order valence-corrected chi connectivity index (χ3v) is 15.0. The number of quaternary nitrogens is 1. The van der Waals surface area contributed by atoms with Gasteiger partial charge in [-0.05, 0) is 91.0 Å². The van der Waals surface area contributed by atoms with Crippen LogP contribution in [0.2, 0.25) is 0 Å². The van der Waals surface area contributed by atoms with E-state index >= 15 is 0 Å². The van der Waals surface area contributed by atoms with Gasteiger partial charge in [0.1, 0.15) is 17.8 Å². The summed E-state index contributed by atoms with van der Waals surface area (Å²) in [6.45, 7) is 3.77. The number of aliphatic carboxylic acids is 1. The summed E-state index contributed by atoms with van der Waals surface area (Å²) in [4.78, 5) is 15.8. The van der Waals surface area contributed by atoms with Crippen LogP contribution in [-0.2, 0) is 30.5 Å². The number of hydrogen-bond acceptors (Lipinski definition) is 9. The number of rotatable bonds is 21. The zero-order chi connectivity index (χ0) is 46.6. The minimum Gasteiger partial charge on any atom is -0.544 e. The van der Waals surface area contributed by atoms with Gasteiger partial charge in [0.15, 0.2) is 34.5 Å². The lowest BCUT2D eigenvalue weighted by molar-refractivity contribution is -0.958. The van der Waals surface area contributed by atoms with E-state index in [0.717, 1.165) is 65.6 Å². The smallest absolute Gasteiger partial charge is 0.204 e. The van der Waals surface area contributed by atoms with Crippen molar-refractivity contribution in [1.82, 2.24) is 4.90 Å². The minimum absolute atomic E-state index is 0.0852. The van der Waals surface area contributed by atoms with E-state index in [1.54, 1.807) is 28.4 Å². The van der Waals surface area contributed by atoms with E-state index in [0.29, 0.717) is 82.7 Å². The van der Waals surface area contributed by atoms with Crippen molar-refractivity contribution >= 4 is 5.97 Å². The third-order valence-electron chi connectivity index (χ3n) is 15.0. The van der Waals surface area contributed by atoms with Gasteiger partial charge in [-0.15, -0.1) is 0 Å². The predicted octanol–water partition coefficient (Wildman–Crippen LogP) is 11.7. The lowest BCUT2D eigenvalue weighted by Crippen LogP contribution is -2.63. The van der Waals surface area contributed by atoms with Crippen LogP contribution in [0.15, 0.2) is 60.7 Å². The highest BCUT2D eigenvalue weighted by Crippen LogP contribution is 2.53. The standard InChI is InChI=1S/C56H76N2O8/c1-8-9-10-11-12-13-14-15-16-17-18-19-20-21-22-46(56(59)60)58(3)32-30-41-36-49(62-5)51-38-44(41)47(58)34-39-23-26-43(27-24-39)65-50-35-40(25-28-48(50)61-4)33-45-53-42(29-31-57(45)2)37-52(63-6)54(64-7)55(53)66-51/h23-28,35-38,45-47H,8-22,29-34H2,1-7H3. The Hall–Kier alpha value is -4.93. The van der Waals surface area contributed by atoms with E-state index in [1.165, 1.54) is 70.6 Å². The van der Waals surface area contributed by atoms with Crippen molar-refractivity contribution in [2.45, 2.75) is 147 Å². The molecule has 0 aromatic heterocycles. The summed E-state index contributed by atoms with van der Waals surface area (Å²) in [6.07, 6.45) is 20.9. The molecule has 4 heterocycles. The molecule has 10 nitrogen and oxygen atoms in total. The fraction of sp³-hybridized carbons (Fsp3) is 0.554. The van der Waals surface area contributed by atoms with Gasteiger partial charge in [0.2, 0.25) is 5.75 Å². The number of methoxy groups -OCH3 is 4. The summed E-state index contributed by atoms with van der Waals surface area (Å²) in [5, 5.41) is 13.5. The highest BCUT2D eigenvalue weighted by molar-refractivity contribution is 5.70. The topological polar surface area (TPSA) is 98.8 Å².